The zero-order valence-corrected chi connectivity index (χ0v) is 33.0. The maximum absolute atomic E-state index is 14.9. The molecule has 0 aromatic heterocycles. The molecule has 4 aliphatic heterocycles. The van der Waals surface area contributed by atoms with Gasteiger partial charge in [-0.05, 0) is 99.1 Å². The van der Waals surface area contributed by atoms with E-state index in [1.807, 2.05) is 62.4 Å². The molecule has 0 spiro atoms. The lowest BCUT2D eigenvalue weighted by Gasteiger charge is -2.40. The second-order valence-corrected chi connectivity index (χ2v) is 16.4. The van der Waals surface area contributed by atoms with Gasteiger partial charge < -0.3 is 20.0 Å². The van der Waals surface area contributed by atoms with Crippen LogP contribution >= 0.6 is 0 Å². The summed E-state index contributed by atoms with van der Waals surface area (Å²) in [6.07, 6.45) is 1.76. The predicted octanol–water partition coefficient (Wildman–Crippen LogP) is 7.85. The van der Waals surface area contributed by atoms with Crippen molar-refractivity contribution in [3.05, 3.63) is 130 Å². The van der Waals surface area contributed by atoms with Crippen LogP contribution in [0.5, 0.6) is 11.5 Å². The predicted molar refractivity (Wildman–Crippen MR) is 214 cm³/mol. The Morgan fingerprint density at radius 3 is 1.19 bits per heavy atom. The van der Waals surface area contributed by atoms with Gasteiger partial charge in [0.05, 0.1) is 37.0 Å². The van der Waals surface area contributed by atoms with Crippen LogP contribution in [0, 0.1) is 13.8 Å². The molecule has 0 aliphatic carbocycles. The first-order valence-electron chi connectivity index (χ1n) is 20.2. The summed E-state index contributed by atoms with van der Waals surface area (Å²) in [5, 5.41) is 18.8. The monoisotopic (exact) mass is 800 g/mol. The van der Waals surface area contributed by atoms with Crippen molar-refractivity contribution >= 4 is 11.8 Å². The molecule has 2 N–H and O–H groups in total. The van der Waals surface area contributed by atoms with Crippen molar-refractivity contribution in [3.63, 3.8) is 0 Å². The Labute approximate surface area is 337 Å². The lowest BCUT2D eigenvalue weighted by Crippen LogP contribution is -2.53. The van der Waals surface area contributed by atoms with Crippen molar-refractivity contribution in [2.24, 2.45) is 0 Å². The van der Waals surface area contributed by atoms with E-state index in [1.165, 1.54) is 24.3 Å². The van der Waals surface area contributed by atoms with Crippen LogP contribution in [0.25, 0.3) is 0 Å². The molecule has 8 rings (SSSR count). The van der Waals surface area contributed by atoms with E-state index in [0.717, 1.165) is 22.3 Å². The lowest BCUT2D eigenvalue weighted by molar-refractivity contribution is -0.139. The van der Waals surface area contributed by atoms with Crippen molar-refractivity contribution in [1.82, 2.24) is 19.6 Å². The Kier molecular flexibility index (Phi) is 12.2. The number of benzene rings is 4. The highest BCUT2D eigenvalue weighted by Gasteiger charge is 2.50. The van der Waals surface area contributed by atoms with Crippen molar-refractivity contribution in [2.45, 2.75) is 88.4 Å². The van der Waals surface area contributed by atoms with E-state index in [2.05, 4.69) is 0 Å². The number of nitrogens with zero attached hydrogens (tertiary/aromatic N) is 4. The molecule has 4 fully saturated rings. The average molecular weight is 801 g/mol. The summed E-state index contributed by atoms with van der Waals surface area (Å²) in [5.74, 6) is -7.58. The fourth-order valence-corrected chi connectivity index (χ4v) is 8.96. The van der Waals surface area contributed by atoms with E-state index in [4.69, 9.17) is 0 Å². The zero-order valence-electron chi connectivity index (χ0n) is 33.0. The maximum atomic E-state index is 14.9. The Bertz CT molecular complexity index is 1880. The lowest BCUT2D eigenvalue weighted by atomic mass is 9.85. The van der Waals surface area contributed by atoms with Gasteiger partial charge in [-0.25, -0.2) is 17.6 Å². The number of rotatable bonds is 8. The largest absolute Gasteiger partial charge is 0.508 e. The first-order chi connectivity index (χ1) is 27.7. The Morgan fingerprint density at radius 2 is 0.862 bits per heavy atom. The Hall–Kier alpha value is -4.94. The standard InChI is InChI=1S/2C23H26F2N2O2/c2*1-16-2-4-17(5-3-16)14-26-13-11-21(22(26)29)27-12-10-20(23(24,25)15-27)18-6-8-19(28)9-7-18/h2*2-9,20-21,28H,10-15H2,1H3/t2*20?,21-/m10/s1. The summed E-state index contributed by atoms with van der Waals surface area (Å²) in [6.45, 7) is 6.39. The molecule has 58 heavy (non-hydrogen) atoms. The molecule has 4 heterocycles. The van der Waals surface area contributed by atoms with Gasteiger partial charge in [0.25, 0.3) is 11.8 Å². The topological polar surface area (TPSA) is 87.6 Å². The third-order valence-electron chi connectivity index (χ3n) is 12.3. The van der Waals surface area contributed by atoms with E-state index in [0.29, 0.717) is 76.1 Å². The van der Waals surface area contributed by atoms with E-state index < -0.39 is 48.9 Å². The zero-order chi connectivity index (χ0) is 41.2. The number of phenolic OH excluding ortho intramolecular Hbond substituents is 2. The van der Waals surface area contributed by atoms with E-state index in [1.54, 1.807) is 43.9 Å². The summed E-state index contributed by atoms with van der Waals surface area (Å²) < 4.78 is 59.8. The van der Waals surface area contributed by atoms with Gasteiger partial charge in [0.15, 0.2) is 0 Å². The molecule has 0 radical (unpaired) electrons. The number of phenols is 2. The second-order valence-electron chi connectivity index (χ2n) is 16.4. The number of hydrogen-bond acceptors (Lipinski definition) is 6. The van der Waals surface area contributed by atoms with E-state index in [9.17, 15) is 37.4 Å². The van der Waals surface area contributed by atoms with Crippen molar-refractivity contribution in [2.75, 3.05) is 39.3 Å². The van der Waals surface area contributed by atoms with Crippen molar-refractivity contribution in [3.8, 4) is 11.5 Å². The number of likely N-dealkylation sites (tertiary alicyclic amines) is 4. The SMILES string of the molecule is Cc1ccc(CN2CC[C@@H](N3CCC(c4ccc(O)cc4)C(F)(F)C3)C2=O)cc1.Cc1ccc(CN2CC[C@H](N3CCC(c4ccc(O)cc4)C(F)(F)C3)C2=O)cc1. The van der Waals surface area contributed by atoms with Crippen LogP contribution in [-0.2, 0) is 22.7 Å². The van der Waals surface area contributed by atoms with Gasteiger partial charge in [0.2, 0.25) is 11.8 Å². The third-order valence-corrected chi connectivity index (χ3v) is 12.3. The molecular weight excluding hydrogens is 749 g/mol. The van der Waals surface area contributed by atoms with Crippen LogP contribution in [0.4, 0.5) is 17.6 Å². The molecule has 4 aromatic carbocycles. The quantitative estimate of drug-likeness (QED) is 0.177. The number of alkyl halides is 4. The number of aryl methyl sites for hydroxylation is 2. The van der Waals surface area contributed by atoms with Crippen LogP contribution in [0.1, 0.15) is 70.9 Å². The Morgan fingerprint density at radius 1 is 0.517 bits per heavy atom. The molecule has 0 saturated carbocycles. The first kappa shape index (κ1) is 41.2. The number of halogens is 4. The second kappa shape index (κ2) is 17.1. The maximum Gasteiger partial charge on any atom is 0.267 e. The van der Waals surface area contributed by atoms with E-state index in [-0.39, 0.29) is 23.3 Å². The van der Waals surface area contributed by atoms with Gasteiger partial charge in [-0.15, -0.1) is 0 Å². The van der Waals surface area contributed by atoms with Gasteiger partial charge >= 0.3 is 0 Å². The minimum Gasteiger partial charge on any atom is -0.508 e. The molecule has 4 aliphatic rings. The smallest absolute Gasteiger partial charge is 0.267 e. The minimum absolute atomic E-state index is 0.0514. The molecule has 2 unspecified atom stereocenters. The number of hydrogen-bond donors (Lipinski definition) is 2. The van der Waals surface area contributed by atoms with Crippen molar-refractivity contribution in [1.29, 1.82) is 0 Å². The number of carbonyl (C=O) groups is 2. The molecule has 8 nitrogen and oxygen atoms in total. The summed E-state index contributed by atoms with van der Waals surface area (Å²) in [4.78, 5) is 32.7. The minimum atomic E-state index is -2.92. The molecule has 2 amide bonds. The third kappa shape index (κ3) is 9.34. The van der Waals surface area contributed by atoms with Crippen LogP contribution in [0.3, 0.4) is 0 Å². The normalized spacial score (nSPS) is 24.8. The van der Waals surface area contributed by atoms with Gasteiger partial charge in [0, 0.05) is 26.2 Å². The van der Waals surface area contributed by atoms with Gasteiger partial charge in [-0.3, -0.25) is 19.4 Å². The van der Waals surface area contributed by atoms with Gasteiger partial charge in [-0.1, -0.05) is 83.9 Å². The molecule has 0 bridgehead atoms. The Balaban J connectivity index is 0.000000177. The van der Waals surface area contributed by atoms with Crippen LogP contribution in [-0.4, -0.2) is 105 Å². The summed E-state index contributed by atoms with van der Waals surface area (Å²) in [7, 11) is 0. The van der Waals surface area contributed by atoms with Crippen LogP contribution in [0.2, 0.25) is 0 Å². The first-order valence-corrected chi connectivity index (χ1v) is 20.2. The number of piperidine rings is 2. The fourth-order valence-electron chi connectivity index (χ4n) is 8.96. The van der Waals surface area contributed by atoms with E-state index >= 15 is 0 Å². The highest BCUT2D eigenvalue weighted by atomic mass is 19.3. The number of carbonyl (C=O) groups excluding carboxylic acids is 2. The van der Waals surface area contributed by atoms with Crippen LogP contribution < -0.4 is 0 Å². The summed E-state index contributed by atoms with van der Waals surface area (Å²) in [6, 6.07) is 27.2. The summed E-state index contributed by atoms with van der Waals surface area (Å²) >= 11 is 0. The van der Waals surface area contributed by atoms with Gasteiger partial charge in [-0.2, -0.15) is 0 Å². The van der Waals surface area contributed by atoms with Crippen molar-refractivity contribution < 1.29 is 37.4 Å². The van der Waals surface area contributed by atoms with Gasteiger partial charge in [0.1, 0.15) is 11.5 Å². The summed E-state index contributed by atoms with van der Waals surface area (Å²) in [5.41, 5.74) is 5.51. The number of amides is 2. The van der Waals surface area contributed by atoms with Crippen LogP contribution in [0.15, 0.2) is 97.1 Å². The molecule has 12 heteroatoms. The highest BCUT2D eigenvalue weighted by molar-refractivity contribution is 5.84. The molecule has 4 saturated heterocycles. The molecule has 4 aromatic rings. The average Bonchev–Trinajstić information content (AvgIpc) is 3.74. The molecule has 308 valence electrons. The molecule has 4 atom stereocenters. The molecular formula is C46H52F4N4O4. The fraction of sp³-hybridized carbons (Fsp3) is 0.435. The highest BCUT2D eigenvalue weighted by Crippen LogP contribution is 2.43. The number of aromatic hydroxyl groups is 2.